The molecule has 2 atom stereocenters. The zero-order chi connectivity index (χ0) is 9.97. The molecule has 0 amide bonds. The molecule has 0 aliphatic carbocycles. The zero-order valence-corrected chi connectivity index (χ0v) is 9.01. The summed E-state index contributed by atoms with van der Waals surface area (Å²) in [5.74, 6) is 0. The minimum Gasteiger partial charge on any atom is -0.369 e. The number of nitrogens with zero attached hydrogens (tertiary/aromatic N) is 1. The van der Waals surface area contributed by atoms with Crippen molar-refractivity contribution in [3.63, 3.8) is 0 Å². The van der Waals surface area contributed by atoms with Gasteiger partial charge in [0.2, 0.25) is 0 Å². The van der Waals surface area contributed by atoms with Gasteiger partial charge in [-0.15, -0.1) is 11.3 Å². The average molecular weight is 207 g/mol. The molecule has 0 N–H and O–H groups in total. The van der Waals surface area contributed by atoms with Crippen LogP contribution in [0.3, 0.4) is 0 Å². The maximum Gasteiger partial charge on any atom is 0.0838 e. The SMILES string of the molecule is Cc1cc(C2CCC(CC#N)O2)cs1. The van der Waals surface area contributed by atoms with Crippen molar-refractivity contribution in [2.24, 2.45) is 0 Å². The van der Waals surface area contributed by atoms with Crippen molar-refractivity contribution in [3.05, 3.63) is 21.9 Å². The van der Waals surface area contributed by atoms with E-state index in [2.05, 4.69) is 24.4 Å². The fourth-order valence-electron chi connectivity index (χ4n) is 1.84. The van der Waals surface area contributed by atoms with Gasteiger partial charge in [0.05, 0.1) is 24.7 Å². The highest BCUT2D eigenvalue weighted by atomic mass is 32.1. The molecule has 0 aromatic carbocycles. The van der Waals surface area contributed by atoms with E-state index in [0.717, 1.165) is 12.8 Å². The second-order valence-corrected chi connectivity index (χ2v) is 4.79. The van der Waals surface area contributed by atoms with E-state index in [1.54, 1.807) is 11.3 Å². The van der Waals surface area contributed by atoms with Gasteiger partial charge in [-0.25, -0.2) is 0 Å². The third-order valence-corrected chi connectivity index (χ3v) is 3.43. The minimum absolute atomic E-state index is 0.158. The van der Waals surface area contributed by atoms with E-state index in [1.165, 1.54) is 10.4 Å². The van der Waals surface area contributed by atoms with Crippen LogP contribution in [0.4, 0.5) is 0 Å². The van der Waals surface area contributed by atoms with Crippen molar-refractivity contribution < 1.29 is 4.74 Å². The van der Waals surface area contributed by atoms with Gasteiger partial charge < -0.3 is 4.74 Å². The molecule has 14 heavy (non-hydrogen) atoms. The van der Waals surface area contributed by atoms with Crippen molar-refractivity contribution in [2.45, 2.75) is 38.4 Å². The second kappa shape index (κ2) is 4.12. The molecule has 0 spiro atoms. The van der Waals surface area contributed by atoms with Crippen LogP contribution in [0.25, 0.3) is 0 Å². The smallest absolute Gasteiger partial charge is 0.0838 e. The van der Waals surface area contributed by atoms with Crippen molar-refractivity contribution in [1.82, 2.24) is 0 Å². The molecule has 2 rings (SSSR count). The summed E-state index contributed by atoms with van der Waals surface area (Å²) in [6.45, 7) is 2.11. The van der Waals surface area contributed by atoms with Crippen LogP contribution in [-0.2, 0) is 4.74 Å². The fraction of sp³-hybridized carbons (Fsp3) is 0.545. The highest BCUT2D eigenvalue weighted by molar-refractivity contribution is 7.10. The summed E-state index contributed by atoms with van der Waals surface area (Å²) in [6.07, 6.45) is 3.00. The third-order valence-electron chi connectivity index (χ3n) is 2.55. The topological polar surface area (TPSA) is 33.0 Å². The number of hydrogen-bond donors (Lipinski definition) is 0. The van der Waals surface area contributed by atoms with Crippen molar-refractivity contribution >= 4 is 11.3 Å². The first-order chi connectivity index (χ1) is 6.79. The summed E-state index contributed by atoms with van der Waals surface area (Å²) >= 11 is 1.76. The predicted octanol–water partition coefficient (Wildman–Crippen LogP) is 3.19. The highest BCUT2D eigenvalue weighted by Crippen LogP contribution is 2.35. The Hall–Kier alpha value is -0.850. The van der Waals surface area contributed by atoms with E-state index in [-0.39, 0.29) is 12.2 Å². The molecule has 1 aliphatic heterocycles. The Morgan fingerprint density at radius 1 is 1.64 bits per heavy atom. The summed E-state index contributed by atoms with van der Waals surface area (Å²) < 4.78 is 5.79. The van der Waals surface area contributed by atoms with Gasteiger partial charge in [0.15, 0.2) is 0 Å². The Balaban J connectivity index is 1.99. The van der Waals surface area contributed by atoms with Gasteiger partial charge >= 0.3 is 0 Å². The molecule has 2 nitrogen and oxygen atoms in total. The molecule has 3 heteroatoms. The summed E-state index contributed by atoms with van der Waals surface area (Å²) in [4.78, 5) is 1.33. The molecule has 0 saturated carbocycles. The van der Waals surface area contributed by atoms with E-state index < -0.39 is 0 Å². The summed E-state index contributed by atoms with van der Waals surface area (Å²) in [6, 6.07) is 4.35. The lowest BCUT2D eigenvalue weighted by molar-refractivity contribution is 0.0478. The first-order valence-electron chi connectivity index (χ1n) is 4.87. The lowest BCUT2D eigenvalue weighted by Crippen LogP contribution is -2.04. The van der Waals surface area contributed by atoms with E-state index in [4.69, 9.17) is 10.00 Å². The van der Waals surface area contributed by atoms with Crippen LogP contribution in [0.5, 0.6) is 0 Å². The van der Waals surface area contributed by atoms with Crippen LogP contribution >= 0.6 is 11.3 Å². The maximum absolute atomic E-state index is 8.56. The van der Waals surface area contributed by atoms with Gasteiger partial charge in [-0.1, -0.05) is 0 Å². The van der Waals surface area contributed by atoms with Crippen LogP contribution < -0.4 is 0 Å². The first kappa shape index (κ1) is 9.70. The largest absolute Gasteiger partial charge is 0.369 e. The molecule has 0 radical (unpaired) electrons. The fourth-order valence-corrected chi connectivity index (χ4v) is 2.58. The lowest BCUT2D eigenvalue weighted by Gasteiger charge is -2.09. The Kier molecular flexibility index (Phi) is 2.85. The predicted molar refractivity (Wildman–Crippen MR) is 56.1 cm³/mol. The molecule has 0 bridgehead atoms. The number of hydrogen-bond acceptors (Lipinski definition) is 3. The standard InChI is InChI=1S/C11H13NOS/c1-8-6-9(7-14-8)11-3-2-10(13-11)4-5-12/h6-7,10-11H,2-4H2,1H3. The quantitative estimate of drug-likeness (QED) is 0.746. The Morgan fingerprint density at radius 2 is 2.50 bits per heavy atom. The van der Waals surface area contributed by atoms with Gasteiger partial charge in [-0.3, -0.25) is 0 Å². The number of aryl methyl sites for hydroxylation is 1. The van der Waals surface area contributed by atoms with Crippen LogP contribution in [0, 0.1) is 18.3 Å². The van der Waals surface area contributed by atoms with Gasteiger partial charge in [0.1, 0.15) is 0 Å². The van der Waals surface area contributed by atoms with E-state index in [9.17, 15) is 0 Å². The van der Waals surface area contributed by atoms with Crippen molar-refractivity contribution in [1.29, 1.82) is 5.26 Å². The van der Waals surface area contributed by atoms with E-state index in [0.29, 0.717) is 6.42 Å². The maximum atomic E-state index is 8.56. The number of ether oxygens (including phenoxy) is 1. The molecule has 2 heterocycles. The zero-order valence-electron chi connectivity index (χ0n) is 8.19. The third kappa shape index (κ3) is 1.97. The first-order valence-corrected chi connectivity index (χ1v) is 5.75. The van der Waals surface area contributed by atoms with Crippen LogP contribution in [0.1, 0.15) is 35.8 Å². The minimum atomic E-state index is 0.158. The lowest BCUT2D eigenvalue weighted by atomic mass is 10.1. The van der Waals surface area contributed by atoms with Crippen LogP contribution in [0.2, 0.25) is 0 Å². The average Bonchev–Trinajstić information content (AvgIpc) is 2.74. The molecule has 1 aromatic rings. The monoisotopic (exact) mass is 207 g/mol. The van der Waals surface area contributed by atoms with E-state index >= 15 is 0 Å². The van der Waals surface area contributed by atoms with Crippen LogP contribution in [-0.4, -0.2) is 6.10 Å². The molecule has 1 aromatic heterocycles. The molecule has 1 aliphatic rings. The molecule has 74 valence electrons. The highest BCUT2D eigenvalue weighted by Gasteiger charge is 2.26. The van der Waals surface area contributed by atoms with Gasteiger partial charge in [-0.05, 0) is 36.8 Å². The summed E-state index contributed by atoms with van der Waals surface area (Å²) in [5, 5.41) is 10.7. The summed E-state index contributed by atoms with van der Waals surface area (Å²) in [5.41, 5.74) is 1.29. The summed E-state index contributed by atoms with van der Waals surface area (Å²) in [7, 11) is 0. The van der Waals surface area contributed by atoms with Gasteiger partial charge in [0.25, 0.3) is 0 Å². The Labute approximate surface area is 88.1 Å². The molecular formula is C11H13NOS. The Bertz CT molecular complexity index is 352. The molecule has 2 unspecified atom stereocenters. The number of rotatable bonds is 2. The van der Waals surface area contributed by atoms with Crippen molar-refractivity contribution in [3.8, 4) is 6.07 Å². The van der Waals surface area contributed by atoms with Crippen molar-refractivity contribution in [2.75, 3.05) is 0 Å². The molecule has 1 saturated heterocycles. The number of nitriles is 1. The van der Waals surface area contributed by atoms with Crippen LogP contribution in [0.15, 0.2) is 11.4 Å². The Morgan fingerprint density at radius 3 is 3.14 bits per heavy atom. The van der Waals surface area contributed by atoms with E-state index in [1.807, 2.05) is 0 Å². The molecular weight excluding hydrogens is 194 g/mol. The van der Waals surface area contributed by atoms with Gasteiger partial charge in [-0.2, -0.15) is 5.26 Å². The normalized spacial score (nSPS) is 26.3. The molecule has 1 fully saturated rings. The second-order valence-electron chi connectivity index (χ2n) is 3.68. The number of thiophene rings is 1. The van der Waals surface area contributed by atoms with Gasteiger partial charge in [0, 0.05) is 4.88 Å².